The molecule has 4 nitrogen and oxygen atoms in total. The van der Waals surface area contributed by atoms with E-state index in [0.717, 1.165) is 5.56 Å². The number of aliphatic hydroxyl groups is 1. The Kier molecular flexibility index (Phi) is 6.68. The van der Waals surface area contributed by atoms with Crippen LogP contribution in [-0.4, -0.2) is 42.2 Å². The maximum Gasteiger partial charge on any atom is 0.251 e. The largest absolute Gasteiger partial charge is 0.393 e. The van der Waals surface area contributed by atoms with Crippen molar-refractivity contribution in [2.24, 2.45) is 5.92 Å². The van der Waals surface area contributed by atoms with Crippen LogP contribution >= 0.6 is 0 Å². The molecule has 1 amide bonds. The Labute approximate surface area is 121 Å². The highest BCUT2D eigenvalue weighted by molar-refractivity contribution is 5.80. The van der Waals surface area contributed by atoms with Crippen LogP contribution in [0.3, 0.4) is 0 Å². The lowest BCUT2D eigenvalue weighted by Crippen LogP contribution is -2.43. The van der Waals surface area contributed by atoms with Gasteiger partial charge < -0.3 is 14.7 Å². The fourth-order valence-electron chi connectivity index (χ4n) is 2.04. The quantitative estimate of drug-likeness (QED) is 0.831. The molecule has 0 spiro atoms. The molecule has 1 N–H and O–H groups in total. The molecule has 0 aliphatic rings. The van der Waals surface area contributed by atoms with Gasteiger partial charge in [-0.25, -0.2) is 0 Å². The Morgan fingerprint density at radius 2 is 1.90 bits per heavy atom. The van der Waals surface area contributed by atoms with Crippen LogP contribution in [0, 0.1) is 5.92 Å². The molecule has 20 heavy (non-hydrogen) atoms. The number of hydrogen-bond acceptors (Lipinski definition) is 3. The topological polar surface area (TPSA) is 49.8 Å². The molecule has 0 radical (unpaired) electrons. The van der Waals surface area contributed by atoms with E-state index in [1.54, 1.807) is 14.1 Å². The highest BCUT2D eigenvalue weighted by atomic mass is 16.5. The number of carbonyl (C=O) groups excluding carboxylic acids is 1. The van der Waals surface area contributed by atoms with Crippen molar-refractivity contribution in [1.29, 1.82) is 0 Å². The summed E-state index contributed by atoms with van der Waals surface area (Å²) in [4.78, 5) is 13.7. The molecule has 1 aromatic carbocycles. The van der Waals surface area contributed by atoms with Gasteiger partial charge in [0.2, 0.25) is 0 Å². The van der Waals surface area contributed by atoms with E-state index in [-0.39, 0.29) is 11.8 Å². The van der Waals surface area contributed by atoms with Gasteiger partial charge in [-0.05, 0) is 12.0 Å². The molecule has 112 valence electrons. The first-order valence-electron chi connectivity index (χ1n) is 7.02. The Hall–Kier alpha value is -1.39. The Morgan fingerprint density at radius 1 is 1.30 bits per heavy atom. The minimum Gasteiger partial charge on any atom is -0.393 e. The number of hydrogen-bond donors (Lipinski definition) is 1. The summed E-state index contributed by atoms with van der Waals surface area (Å²) >= 11 is 0. The number of aliphatic hydroxyl groups excluding tert-OH is 1. The number of rotatable bonds is 7. The molecule has 0 saturated carbocycles. The van der Waals surface area contributed by atoms with Crippen molar-refractivity contribution in [3.05, 3.63) is 35.9 Å². The first-order chi connectivity index (χ1) is 9.47. The van der Waals surface area contributed by atoms with E-state index in [9.17, 15) is 9.90 Å². The predicted octanol–water partition coefficient (Wildman–Crippen LogP) is 2.07. The van der Waals surface area contributed by atoms with Gasteiger partial charge in [0, 0.05) is 20.0 Å². The van der Waals surface area contributed by atoms with Crippen molar-refractivity contribution in [3.63, 3.8) is 0 Å². The number of nitrogens with zero attached hydrogens (tertiary/aromatic N) is 1. The standard InChI is InChI=1S/C16H25NO3/c1-5-14(18)12(2)15(16(19)17(3)4)20-11-13-9-7-6-8-10-13/h6-10,12,14-15,18H,5,11H2,1-4H3/t12-,14-,15-/m1/s1. The molecule has 1 rings (SSSR count). The van der Waals surface area contributed by atoms with Crippen molar-refractivity contribution in [2.45, 2.75) is 39.1 Å². The summed E-state index contributed by atoms with van der Waals surface area (Å²) in [7, 11) is 3.40. The zero-order valence-corrected chi connectivity index (χ0v) is 12.7. The molecule has 4 heteroatoms. The average molecular weight is 279 g/mol. The van der Waals surface area contributed by atoms with Gasteiger partial charge in [-0.15, -0.1) is 0 Å². The number of benzene rings is 1. The zero-order valence-electron chi connectivity index (χ0n) is 12.7. The molecule has 0 unspecified atom stereocenters. The molecule has 0 aromatic heterocycles. The molecular formula is C16H25NO3. The molecule has 0 bridgehead atoms. The second kappa shape index (κ2) is 8.02. The summed E-state index contributed by atoms with van der Waals surface area (Å²) in [6, 6.07) is 9.73. The van der Waals surface area contributed by atoms with Gasteiger partial charge >= 0.3 is 0 Å². The monoisotopic (exact) mass is 279 g/mol. The van der Waals surface area contributed by atoms with Crippen LogP contribution in [0.5, 0.6) is 0 Å². The molecule has 0 aliphatic heterocycles. The zero-order chi connectivity index (χ0) is 15.1. The third kappa shape index (κ3) is 4.62. The highest BCUT2D eigenvalue weighted by Crippen LogP contribution is 2.18. The van der Waals surface area contributed by atoms with Crippen LogP contribution in [0.25, 0.3) is 0 Å². The van der Waals surface area contributed by atoms with E-state index in [2.05, 4.69) is 0 Å². The summed E-state index contributed by atoms with van der Waals surface area (Å²) in [5.41, 5.74) is 1.02. The van der Waals surface area contributed by atoms with Crippen molar-refractivity contribution in [3.8, 4) is 0 Å². The summed E-state index contributed by atoms with van der Waals surface area (Å²) in [5, 5.41) is 9.97. The Bertz CT molecular complexity index is 405. The van der Waals surface area contributed by atoms with Gasteiger partial charge in [-0.1, -0.05) is 44.2 Å². The molecule has 0 aliphatic carbocycles. The summed E-state index contributed by atoms with van der Waals surface area (Å²) in [6.07, 6.45) is -0.563. The van der Waals surface area contributed by atoms with E-state index in [1.807, 2.05) is 44.2 Å². The predicted molar refractivity (Wildman–Crippen MR) is 79.2 cm³/mol. The maximum atomic E-state index is 12.2. The van der Waals surface area contributed by atoms with E-state index in [0.29, 0.717) is 13.0 Å². The number of carbonyl (C=O) groups is 1. The second-order valence-electron chi connectivity index (χ2n) is 5.28. The van der Waals surface area contributed by atoms with E-state index in [1.165, 1.54) is 4.90 Å². The lowest BCUT2D eigenvalue weighted by atomic mass is 9.95. The van der Waals surface area contributed by atoms with Gasteiger partial charge in [0.25, 0.3) is 5.91 Å². The fraction of sp³-hybridized carbons (Fsp3) is 0.562. The fourth-order valence-corrected chi connectivity index (χ4v) is 2.04. The number of likely N-dealkylation sites (N-methyl/N-ethyl adjacent to an activating group) is 1. The maximum absolute atomic E-state index is 12.2. The third-order valence-electron chi connectivity index (χ3n) is 3.46. The van der Waals surface area contributed by atoms with Crippen LogP contribution in [0.15, 0.2) is 30.3 Å². The number of ether oxygens (including phenoxy) is 1. The summed E-state index contributed by atoms with van der Waals surface area (Å²) in [6.45, 7) is 4.12. The van der Waals surface area contributed by atoms with Crippen LogP contribution in [0.1, 0.15) is 25.8 Å². The summed E-state index contributed by atoms with van der Waals surface area (Å²) < 4.78 is 5.78. The SMILES string of the molecule is CC[C@@H](O)[C@@H](C)[C@@H](OCc1ccccc1)C(=O)N(C)C. The van der Waals surface area contributed by atoms with Gasteiger partial charge in [0.15, 0.2) is 0 Å². The van der Waals surface area contributed by atoms with E-state index < -0.39 is 12.2 Å². The molecule has 0 heterocycles. The highest BCUT2D eigenvalue weighted by Gasteiger charge is 2.31. The molecule has 3 atom stereocenters. The average Bonchev–Trinajstić information content (AvgIpc) is 2.47. The first-order valence-corrected chi connectivity index (χ1v) is 7.02. The lowest BCUT2D eigenvalue weighted by Gasteiger charge is -2.28. The Balaban J connectivity index is 2.75. The minimum atomic E-state index is -0.625. The van der Waals surface area contributed by atoms with Crippen LogP contribution < -0.4 is 0 Å². The molecule has 0 saturated heterocycles. The van der Waals surface area contributed by atoms with Crippen LogP contribution in [0.2, 0.25) is 0 Å². The smallest absolute Gasteiger partial charge is 0.251 e. The third-order valence-corrected chi connectivity index (χ3v) is 3.46. The molecular weight excluding hydrogens is 254 g/mol. The van der Waals surface area contributed by atoms with Crippen molar-refractivity contribution in [1.82, 2.24) is 4.90 Å². The normalized spacial score (nSPS) is 15.4. The first kappa shape index (κ1) is 16.7. The van der Waals surface area contributed by atoms with Gasteiger partial charge in [-0.3, -0.25) is 4.79 Å². The van der Waals surface area contributed by atoms with E-state index in [4.69, 9.17) is 4.74 Å². The van der Waals surface area contributed by atoms with Crippen LogP contribution in [0.4, 0.5) is 0 Å². The Morgan fingerprint density at radius 3 is 2.40 bits per heavy atom. The second-order valence-corrected chi connectivity index (χ2v) is 5.28. The van der Waals surface area contributed by atoms with Crippen molar-refractivity contribution >= 4 is 5.91 Å². The van der Waals surface area contributed by atoms with E-state index >= 15 is 0 Å². The minimum absolute atomic E-state index is 0.110. The van der Waals surface area contributed by atoms with Gasteiger partial charge in [0.05, 0.1) is 12.7 Å². The summed E-state index contributed by atoms with van der Waals surface area (Å²) in [5.74, 6) is -0.348. The van der Waals surface area contributed by atoms with Crippen LogP contribution in [-0.2, 0) is 16.1 Å². The molecule has 1 aromatic rings. The lowest BCUT2D eigenvalue weighted by molar-refractivity contribution is -0.149. The van der Waals surface area contributed by atoms with Crippen molar-refractivity contribution in [2.75, 3.05) is 14.1 Å². The van der Waals surface area contributed by atoms with Crippen molar-refractivity contribution < 1.29 is 14.6 Å². The van der Waals surface area contributed by atoms with Gasteiger partial charge in [0.1, 0.15) is 6.10 Å². The van der Waals surface area contributed by atoms with Gasteiger partial charge in [-0.2, -0.15) is 0 Å². The molecule has 0 fully saturated rings. The number of amides is 1.